The number of nitrogens with zero attached hydrogens (tertiary/aromatic N) is 2. The molecule has 108 valence electrons. The molecule has 20 heavy (non-hydrogen) atoms. The number of aromatic nitrogens is 2. The third-order valence-electron chi connectivity index (χ3n) is 3.47. The van der Waals surface area contributed by atoms with Gasteiger partial charge in [-0.15, -0.1) is 0 Å². The molecule has 3 nitrogen and oxygen atoms in total. The van der Waals surface area contributed by atoms with Gasteiger partial charge in [0.25, 0.3) is 0 Å². The molecule has 1 unspecified atom stereocenters. The lowest BCUT2D eigenvalue weighted by molar-refractivity contribution is 0.519. The number of benzene rings is 1. The Morgan fingerprint density at radius 3 is 2.70 bits per heavy atom. The van der Waals surface area contributed by atoms with E-state index in [1.54, 1.807) is 0 Å². The predicted octanol–water partition coefficient (Wildman–Crippen LogP) is 3.39. The van der Waals surface area contributed by atoms with E-state index < -0.39 is 0 Å². The first kappa shape index (κ1) is 15.2. The molecule has 1 atom stereocenters. The van der Waals surface area contributed by atoms with Crippen molar-refractivity contribution in [1.82, 2.24) is 15.1 Å². The van der Waals surface area contributed by atoms with E-state index in [0.717, 1.165) is 22.3 Å². The van der Waals surface area contributed by atoms with Gasteiger partial charge < -0.3 is 5.32 Å². The molecule has 2 aromatic rings. The molecule has 0 spiro atoms. The fraction of sp³-hybridized carbons (Fsp3) is 0.400. The zero-order chi connectivity index (χ0) is 14.7. The van der Waals surface area contributed by atoms with Gasteiger partial charge >= 0.3 is 0 Å². The van der Waals surface area contributed by atoms with Crippen molar-refractivity contribution >= 4 is 15.9 Å². The quantitative estimate of drug-likeness (QED) is 0.904. The number of likely N-dealkylation sites (N-methyl/N-ethyl adjacent to an activating group) is 1. The molecule has 1 aromatic heterocycles. The van der Waals surface area contributed by atoms with Gasteiger partial charge in [-0.25, -0.2) is 4.39 Å². The number of hydrogen-bond donors (Lipinski definition) is 1. The van der Waals surface area contributed by atoms with Crippen LogP contribution in [-0.2, 0) is 19.9 Å². The van der Waals surface area contributed by atoms with Gasteiger partial charge in [0.15, 0.2) is 0 Å². The zero-order valence-corrected chi connectivity index (χ0v) is 13.5. The topological polar surface area (TPSA) is 29.9 Å². The van der Waals surface area contributed by atoms with E-state index in [2.05, 4.69) is 39.3 Å². The number of halogens is 2. The Labute approximate surface area is 127 Å². The molecule has 1 heterocycles. The van der Waals surface area contributed by atoms with Gasteiger partial charge in [-0.2, -0.15) is 5.10 Å². The van der Waals surface area contributed by atoms with Crippen LogP contribution in [-0.4, -0.2) is 16.8 Å². The molecular formula is C15H19BrFN3. The standard InChI is InChI=1S/C15H19BrFN3/c1-4-12-9-15(20(3)19-12)14(18-2)7-10-5-6-11(16)8-13(10)17/h5-6,8-9,14,18H,4,7H2,1-3H3. The maximum atomic E-state index is 14.0. The Bertz CT molecular complexity index is 595. The van der Waals surface area contributed by atoms with Crippen LogP contribution in [0.2, 0.25) is 0 Å². The van der Waals surface area contributed by atoms with Crippen molar-refractivity contribution in [1.29, 1.82) is 0 Å². The minimum absolute atomic E-state index is 0.0449. The van der Waals surface area contributed by atoms with E-state index >= 15 is 0 Å². The van der Waals surface area contributed by atoms with Crippen LogP contribution in [0.1, 0.15) is 29.9 Å². The predicted molar refractivity (Wildman–Crippen MR) is 82.2 cm³/mol. The van der Waals surface area contributed by atoms with E-state index in [0.29, 0.717) is 12.0 Å². The van der Waals surface area contributed by atoms with E-state index in [4.69, 9.17) is 0 Å². The highest BCUT2D eigenvalue weighted by Gasteiger charge is 2.17. The molecule has 0 aliphatic heterocycles. The number of aryl methyl sites for hydroxylation is 2. The smallest absolute Gasteiger partial charge is 0.127 e. The highest BCUT2D eigenvalue weighted by Crippen LogP contribution is 2.22. The first-order valence-corrected chi connectivity index (χ1v) is 7.48. The van der Waals surface area contributed by atoms with Gasteiger partial charge in [0.1, 0.15) is 5.82 Å². The number of hydrogen-bond acceptors (Lipinski definition) is 2. The molecule has 0 saturated heterocycles. The van der Waals surface area contributed by atoms with Crippen molar-refractivity contribution < 1.29 is 4.39 Å². The van der Waals surface area contributed by atoms with Gasteiger partial charge in [-0.3, -0.25) is 4.68 Å². The SMILES string of the molecule is CCc1cc(C(Cc2ccc(Br)cc2F)NC)n(C)n1. The van der Waals surface area contributed by atoms with Crippen molar-refractivity contribution in [3.8, 4) is 0 Å². The number of nitrogens with one attached hydrogen (secondary N) is 1. The summed E-state index contributed by atoms with van der Waals surface area (Å²) in [7, 11) is 3.82. The largest absolute Gasteiger partial charge is 0.311 e. The number of rotatable bonds is 5. The Morgan fingerprint density at radius 2 is 2.15 bits per heavy atom. The van der Waals surface area contributed by atoms with E-state index in [1.807, 2.05) is 30.9 Å². The summed E-state index contributed by atoms with van der Waals surface area (Å²) in [5.41, 5.74) is 2.83. The zero-order valence-electron chi connectivity index (χ0n) is 12.0. The van der Waals surface area contributed by atoms with Crippen molar-refractivity contribution in [3.05, 3.63) is 51.5 Å². The summed E-state index contributed by atoms with van der Waals surface area (Å²) in [5.74, 6) is -0.183. The molecule has 1 aromatic carbocycles. The van der Waals surface area contributed by atoms with Crippen molar-refractivity contribution in [2.45, 2.75) is 25.8 Å². The molecule has 0 aliphatic rings. The van der Waals surface area contributed by atoms with E-state index in [-0.39, 0.29) is 11.9 Å². The molecule has 0 fully saturated rings. The monoisotopic (exact) mass is 339 g/mol. The fourth-order valence-electron chi connectivity index (χ4n) is 2.30. The first-order chi connectivity index (χ1) is 9.55. The second kappa shape index (κ2) is 6.50. The molecule has 5 heteroatoms. The third kappa shape index (κ3) is 3.27. The van der Waals surface area contributed by atoms with Crippen LogP contribution in [0.3, 0.4) is 0 Å². The summed E-state index contributed by atoms with van der Waals surface area (Å²) in [6.45, 7) is 2.08. The summed E-state index contributed by atoms with van der Waals surface area (Å²) in [6.07, 6.45) is 1.50. The molecule has 0 radical (unpaired) electrons. The molecule has 1 N–H and O–H groups in total. The lowest BCUT2D eigenvalue weighted by atomic mass is 10.0. The second-order valence-electron chi connectivity index (χ2n) is 4.82. The third-order valence-corrected chi connectivity index (χ3v) is 3.97. The van der Waals surface area contributed by atoms with Crippen LogP contribution in [0.25, 0.3) is 0 Å². The van der Waals surface area contributed by atoms with Crippen molar-refractivity contribution in [2.24, 2.45) is 7.05 Å². The highest BCUT2D eigenvalue weighted by molar-refractivity contribution is 9.10. The normalized spacial score (nSPS) is 12.7. The summed E-state index contributed by atoms with van der Waals surface area (Å²) >= 11 is 3.28. The summed E-state index contributed by atoms with van der Waals surface area (Å²) in [4.78, 5) is 0. The maximum Gasteiger partial charge on any atom is 0.127 e. The van der Waals surface area contributed by atoms with Crippen molar-refractivity contribution in [2.75, 3.05) is 7.05 Å². The van der Waals surface area contributed by atoms with Crippen LogP contribution in [0.15, 0.2) is 28.7 Å². The average molecular weight is 340 g/mol. The Kier molecular flexibility index (Phi) is 4.94. The van der Waals surface area contributed by atoms with E-state index in [9.17, 15) is 4.39 Å². The average Bonchev–Trinajstić information content (AvgIpc) is 2.79. The highest BCUT2D eigenvalue weighted by atomic mass is 79.9. The molecular weight excluding hydrogens is 321 g/mol. The summed E-state index contributed by atoms with van der Waals surface area (Å²) < 4.78 is 16.6. The van der Waals surface area contributed by atoms with Crippen LogP contribution >= 0.6 is 15.9 Å². The lowest BCUT2D eigenvalue weighted by Gasteiger charge is -2.17. The molecule has 0 bridgehead atoms. The lowest BCUT2D eigenvalue weighted by Crippen LogP contribution is -2.22. The van der Waals surface area contributed by atoms with Gasteiger partial charge in [0.05, 0.1) is 17.4 Å². The second-order valence-corrected chi connectivity index (χ2v) is 5.73. The Hall–Kier alpha value is -1.20. The molecule has 0 aliphatic carbocycles. The van der Waals surface area contributed by atoms with Gasteiger partial charge in [-0.05, 0) is 43.7 Å². The van der Waals surface area contributed by atoms with Crippen LogP contribution < -0.4 is 5.32 Å². The summed E-state index contributed by atoms with van der Waals surface area (Å²) in [5, 5.41) is 7.70. The fourth-order valence-corrected chi connectivity index (χ4v) is 2.64. The molecule has 2 rings (SSSR count). The van der Waals surface area contributed by atoms with Crippen LogP contribution in [0.4, 0.5) is 4.39 Å². The Morgan fingerprint density at radius 1 is 1.40 bits per heavy atom. The Balaban J connectivity index is 2.26. The minimum Gasteiger partial charge on any atom is -0.311 e. The van der Waals surface area contributed by atoms with E-state index in [1.165, 1.54) is 6.07 Å². The minimum atomic E-state index is -0.183. The molecule has 0 amide bonds. The first-order valence-electron chi connectivity index (χ1n) is 6.69. The summed E-state index contributed by atoms with van der Waals surface area (Å²) in [6, 6.07) is 7.32. The van der Waals surface area contributed by atoms with Crippen LogP contribution in [0.5, 0.6) is 0 Å². The maximum absolute atomic E-state index is 14.0. The van der Waals surface area contributed by atoms with Crippen LogP contribution in [0, 0.1) is 5.82 Å². The molecule has 0 saturated carbocycles. The van der Waals surface area contributed by atoms with Gasteiger partial charge in [-0.1, -0.05) is 28.9 Å². The van der Waals surface area contributed by atoms with Crippen molar-refractivity contribution in [3.63, 3.8) is 0 Å². The van der Waals surface area contributed by atoms with Gasteiger partial charge in [0.2, 0.25) is 0 Å². The van der Waals surface area contributed by atoms with Gasteiger partial charge in [0, 0.05) is 11.5 Å².